The Balaban J connectivity index is 1.71. The molecule has 0 aliphatic carbocycles. The molecule has 0 saturated carbocycles. The number of ether oxygens (including phenoxy) is 1. The Kier molecular flexibility index (Phi) is 7.43. The molecule has 1 atom stereocenters. The highest BCUT2D eigenvalue weighted by Crippen LogP contribution is 2.17. The van der Waals surface area contributed by atoms with E-state index in [2.05, 4.69) is 10.3 Å². The molecule has 0 radical (unpaired) electrons. The molecule has 1 aromatic carbocycles. The molecular weight excluding hydrogens is 392 g/mol. The van der Waals surface area contributed by atoms with Gasteiger partial charge in [-0.05, 0) is 36.6 Å². The lowest BCUT2D eigenvalue weighted by atomic mass is 10.0. The van der Waals surface area contributed by atoms with E-state index in [9.17, 15) is 9.59 Å². The third kappa shape index (κ3) is 5.72. The normalized spacial score (nSPS) is 11.6. The predicted octanol–water partition coefficient (Wildman–Crippen LogP) is 2.93. The van der Waals surface area contributed by atoms with Crippen LogP contribution in [0.25, 0.3) is 0 Å². The number of nitrogens with one attached hydrogen (secondary N) is 1. The van der Waals surface area contributed by atoms with Crippen LogP contribution in [-0.4, -0.2) is 53.0 Å². The Morgan fingerprint density at radius 2 is 1.94 bits per heavy atom. The summed E-state index contributed by atoms with van der Waals surface area (Å²) in [7, 11) is 5.17. The second-order valence-electron chi connectivity index (χ2n) is 7.42. The van der Waals surface area contributed by atoms with Crippen molar-refractivity contribution in [1.29, 1.82) is 0 Å². The molecule has 1 N–H and O–H groups in total. The van der Waals surface area contributed by atoms with Crippen LogP contribution in [0.4, 0.5) is 0 Å². The van der Waals surface area contributed by atoms with Crippen molar-refractivity contribution < 1.29 is 14.3 Å². The van der Waals surface area contributed by atoms with E-state index in [0.29, 0.717) is 36.4 Å². The molecule has 0 aliphatic heterocycles. The van der Waals surface area contributed by atoms with Gasteiger partial charge in [0.05, 0.1) is 18.9 Å². The Labute approximate surface area is 182 Å². The molecule has 31 heavy (non-hydrogen) atoms. The van der Waals surface area contributed by atoms with Gasteiger partial charge in [0.15, 0.2) is 0 Å². The summed E-state index contributed by atoms with van der Waals surface area (Å²) in [5, 5.41) is 2.96. The van der Waals surface area contributed by atoms with E-state index in [4.69, 9.17) is 4.74 Å². The molecule has 0 saturated heterocycles. The SMILES string of the molecule is COc1cncc(C(=O)N(C)[C@H](CCNC(=O)c2cccn2C)Cc2ccccc2)c1. The number of hydrogen-bond donors (Lipinski definition) is 1. The van der Waals surface area contributed by atoms with Crippen LogP contribution in [0.1, 0.15) is 32.8 Å². The van der Waals surface area contributed by atoms with Crippen LogP contribution >= 0.6 is 0 Å². The monoisotopic (exact) mass is 420 g/mol. The van der Waals surface area contributed by atoms with Gasteiger partial charge in [-0.3, -0.25) is 14.6 Å². The summed E-state index contributed by atoms with van der Waals surface area (Å²) in [6, 6.07) is 15.2. The zero-order valence-electron chi connectivity index (χ0n) is 18.1. The molecule has 0 spiro atoms. The summed E-state index contributed by atoms with van der Waals surface area (Å²) in [5.41, 5.74) is 2.20. The van der Waals surface area contributed by atoms with Gasteiger partial charge in [0.25, 0.3) is 11.8 Å². The van der Waals surface area contributed by atoms with Gasteiger partial charge in [-0.2, -0.15) is 0 Å². The predicted molar refractivity (Wildman–Crippen MR) is 119 cm³/mol. The summed E-state index contributed by atoms with van der Waals surface area (Å²) in [6.45, 7) is 0.454. The van der Waals surface area contributed by atoms with Crippen LogP contribution < -0.4 is 10.1 Å². The van der Waals surface area contributed by atoms with Crippen molar-refractivity contribution in [2.75, 3.05) is 20.7 Å². The lowest BCUT2D eigenvalue weighted by Gasteiger charge is -2.29. The number of rotatable bonds is 9. The van der Waals surface area contributed by atoms with Gasteiger partial charge in [0, 0.05) is 39.1 Å². The van der Waals surface area contributed by atoms with Gasteiger partial charge >= 0.3 is 0 Å². The van der Waals surface area contributed by atoms with E-state index in [1.54, 1.807) is 42.0 Å². The van der Waals surface area contributed by atoms with E-state index in [-0.39, 0.29) is 17.9 Å². The summed E-state index contributed by atoms with van der Waals surface area (Å²) in [5.74, 6) is 0.270. The van der Waals surface area contributed by atoms with E-state index >= 15 is 0 Å². The summed E-state index contributed by atoms with van der Waals surface area (Å²) >= 11 is 0. The standard InChI is InChI=1S/C24H28N4O3/c1-27-13-7-10-22(27)23(29)26-12-11-20(14-18-8-5-4-6-9-18)28(2)24(30)19-15-21(31-3)17-25-16-19/h4-10,13,15-17,20H,11-12,14H2,1-3H3,(H,26,29)/t20-/m1/s1. The highest BCUT2D eigenvalue weighted by molar-refractivity contribution is 5.94. The van der Waals surface area contributed by atoms with Crippen molar-refractivity contribution in [3.63, 3.8) is 0 Å². The van der Waals surface area contributed by atoms with E-state index < -0.39 is 0 Å². The lowest BCUT2D eigenvalue weighted by Crippen LogP contribution is -2.41. The lowest BCUT2D eigenvalue weighted by molar-refractivity contribution is 0.0722. The minimum atomic E-state index is -0.138. The summed E-state index contributed by atoms with van der Waals surface area (Å²) < 4.78 is 6.97. The van der Waals surface area contributed by atoms with Gasteiger partial charge in [-0.1, -0.05) is 30.3 Å². The van der Waals surface area contributed by atoms with Gasteiger partial charge in [-0.15, -0.1) is 0 Å². The molecule has 0 fully saturated rings. The molecule has 7 nitrogen and oxygen atoms in total. The van der Waals surface area contributed by atoms with Crippen LogP contribution in [0.3, 0.4) is 0 Å². The van der Waals surface area contributed by atoms with Crippen molar-refractivity contribution >= 4 is 11.8 Å². The van der Waals surface area contributed by atoms with Crippen molar-refractivity contribution in [3.8, 4) is 5.75 Å². The minimum Gasteiger partial charge on any atom is -0.495 e. The number of aryl methyl sites for hydroxylation is 1. The number of methoxy groups -OCH3 is 1. The van der Waals surface area contributed by atoms with Crippen molar-refractivity contribution in [1.82, 2.24) is 19.8 Å². The third-order valence-corrected chi connectivity index (χ3v) is 5.32. The van der Waals surface area contributed by atoms with Crippen molar-refractivity contribution in [2.45, 2.75) is 18.9 Å². The average Bonchev–Trinajstić information content (AvgIpc) is 3.24. The zero-order chi connectivity index (χ0) is 22.2. The number of carbonyl (C=O) groups excluding carboxylic acids is 2. The van der Waals surface area contributed by atoms with Crippen LogP contribution in [0.15, 0.2) is 67.1 Å². The molecule has 2 amide bonds. The number of benzene rings is 1. The largest absolute Gasteiger partial charge is 0.495 e. The van der Waals surface area contributed by atoms with Crippen molar-refractivity contribution in [3.05, 3.63) is 83.9 Å². The first kappa shape index (κ1) is 22.1. The number of amides is 2. The Morgan fingerprint density at radius 1 is 1.16 bits per heavy atom. The molecule has 162 valence electrons. The maximum Gasteiger partial charge on any atom is 0.267 e. The maximum atomic E-state index is 13.1. The molecule has 2 heterocycles. The molecule has 7 heteroatoms. The number of hydrogen-bond acceptors (Lipinski definition) is 4. The fraction of sp³-hybridized carbons (Fsp3) is 0.292. The van der Waals surface area contributed by atoms with Gasteiger partial charge < -0.3 is 19.5 Å². The average molecular weight is 421 g/mol. The number of likely N-dealkylation sites (N-methyl/N-ethyl adjacent to an activating group) is 1. The van der Waals surface area contributed by atoms with E-state index in [1.807, 2.05) is 49.6 Å². The fourth-order valence-electron chi connectivity index (χ4n) is 3.48. The van der Waals surface area contributed by atoms with E-state index in [1.165, 1.54) is 6.20 Å². The molecule has 0 aliphatic rings. The molecule has 2 aromatic heterocycles. The maximum absolute atomic E-state index is 13.1. The summed E-state index contributed by atoms with van der Waals surface area (Å²) in [4.78, 5) is 31.4. The minimum absolute atomic E-state index is 0.102. The molecule has 3 aromatic rings. The van der Waals surface area contributed by atoms with Gasteiger partial charge in [-0.25, -0.2) is 0 Å². The fourth-order valence-corrected chi connectivity index (χ4v) is 3.48. The smallest absolute Gasteiger partial charge is 0.267 e. The first-order valence-corrected chi connectivity index (χ1v) is 10.2. The van der Waals surface area contributed by atoms with Crippen LogP contribution in [-0.2, 0) is 13.5 Å². The number of carbonyl (C=O) groups is 2. The second-order valence-corrected chi connectivity index (χ2v) is 7.42. The first-order valence-electron chi connectivity index (χ1n) is 10.2. The first-order chi connectivity index (χ1) is 15.0. The number of aromatic nitrogens is 2. The Hall–Kier alpha value is -3.61. The summed E-state index contributed by atoms with van der Waals surface area (Å²) in [6.07, 6.45) is 6.24. The Bertz CT molecular complexity index is 1020. The quantitative estimate of drug-likeness (QED) is 0.578. The van der Waals surface area contributed by atoms with E-state index in [0.717, 1.165) is 5.56 Å². The number of pyridine rings is 1. The third-order valence-electron chi connectivity index (χ3n) is 5.32. The van der Waals surface area contributed by atoms with Crippen LogP contribution in [0.2, 0.25) is 0 Å². The number of nitrogens with zero attached hydrogens (tertiary/aromatic N) is 3. The highest BCUT2D eigenvalue weighted by atomic mass is 16.5. The second kappa shape index (κ2) is 10.4. The topological polar surface area (TPSA) is 76.5 Å². The molecule has 0 bridgehead atoms. The highest BCUT2D eigenvalue weighted by Gasteiger charge is 2.22. The van der Waals surface area contributed by atoms with Gasteiger partial charge in [0.1, 0.15) is 11.4 Å². The molecule has 0 unspecified atom stereocenters. The van der Waals surface area contributed by atoms with Crippen LogP contribution in [0, 0.1) is 0 Å². The zero-order valence-corrected chi connectivity index (χ0v) is 18.1. The molecule has 3 rings (SSSR count). The Morgan fingerprint density at radius 3 is 2.61 bits per heavy atom. The van der Waals surface area contributed by atoms with Gasteiger partial charge in [0.2, 0.25) is 0 Å². The van der Waals surface area contributed by atoms with Crippen LogP contribution in [0.5, 0.6) is 5.75 Å². The van der Waals surface area contributed by atoms with Crippen molar-refractivity contribution in [2.24, 2.45) is 7.05 Å². The molecular formula is C24H28N4O3.